The van der Waals surface area contributed by atoms with Gasteiger partial charge in [-0.05, 0) is 32.1 Å². The van der Waals surface area contributed by atoms with Crippen molar-refractivity contribution in [1.29, 1.82) is 0 Å². The van der Waals surface area contributed by atoms with Crippen LogP contribution in [0, 0.1) is 5.92 Å². The van der Waals surface area contributed by atoms with Crippen LogP contribution in [0.15, 0.2) is 0 Å². The van der Waals surface area contributed by atoms with Crippen LogP contribution in [-0.4, -0.2) is 35.6 Å². The SMILES string of the molecule is CCC[C@H](N)C(=O)N(CC(F)(F)F)C(C)C1CC1. The van der Waals surface area contributed by atoms with E-state index in [4.69, 9.17) is 5.73 Å². The number of carbonyl (C=O) groups is 1. The molecule has 18 heavy (non-hydrogen) atoms. The van der Waals surface area contributed by atoms with Gasteiger partial charge in [-0.1, -0.05) is 13.3 Å². The molecule has 0 heterocycles. The highest BCUT2D eigenvalue weighted by atomic mass is 19.4. The van der Waals surface area contributed by atoms with Gasteiger partial charge in [0.25, 0.3) is 0 Å². The molecule has 2 N–H and O–H groups in total. The summed E-state index contributed by atoms with van der Waals surface area (Å²) in [5, 5.41) is 0. The minimum Gasteiger partial charge on any atom is -0.329 e. The standard InChI is InChI=1S/C12H21F3N2O/c1-3-4-10(16)11(18)17(7-12(13,14)15)8(2)9-5-6-9/h8-10H,3-7,16H2,1-2H3/t8?,10-/m0/s1. The number of alkyl halides is 3. The molecular formula is C12H21F3N2O. The molecule has 106 valence electrons. The molecule has 6 heteroatoms. The molecule has 3 nitrogen and oxygen atoms in total. The molecule has 1 amide bonds. The molecule has 0 bridgehead atoms. The summed E-state index contributed by atoms with van der Waals surface area (Å²) in [5.74, 6) is -0.376. The quantitative estimate of drug-likeness (QED) is 0.802. The van der Waals surface area contributed by atoms with Gasteiger partial charge in [-0.15, -0.1) is 0 Å². The van der Waals surface area contributed by atoms with Crippen LogP contribution >= 0.6 is 0 Å². The maximum Gasteiger partial charge on any atom is 0.406 e. The summed E-state index contributed by atoms with van der Waals surface area (Å²) in [6, 6.07) is -1.19. The van der Waals surface area contributed by atoms with Gasteiger partial charge in [0.1, 0.15) is 6.54 Å². The predicted octanol–water partition coefficient (Wildman–Crippen LogP) is 2.30. The van der Waals surface area contributed by atoms with Gasteiger partial charge in [0.15, 0.2) is 0 Å². The van der Waals surface area contributed by atoms with Gasteiger partial charge in [-0.2, -0.15) is 13.2 Å². The van der Waals surface area contributed by atoms with Crippen molar-refractivity contribution >= 4 is 5.91 Å². The molecule has 0 aromatic rings. The summed E-state index contributed by atoms with van der Waals surface area (Å²) in [4.78, 5) is 12.9. The fourth-order valence-electron chi connectivity index (χ4n) is 2.10. The number of amides is 1. The highest BCUT2D eigenvalue weighted by Gasteiger charge is 2.41. The van der Waals surface area contributed by atoms with Gasteiger partial charge in [0.2, 0.25) is 5.91 Å². The summed E-state index contributed by atoms with van der Waals surface area (Å²) in [6.07, 6.45) is -1.47. The summed E-state index contributed by atoms with van der Waals surface area (Å²) < 4.78 is 37.6. The summed E-state index contributed by atoms with van der Waals surface area (Å²) in [7, 11) is 0. The molecule has 1 saturated carbocycles. The second-order valence-corrected chi connectivity index (χ2v) is 5.05. The van der Waals surface area contributed by atoms with Crippen LogP contribution in [0.4, 0.5) is 13.2 Å². The van der Waals surface area contributed by atoms with Crippen molar-refractivity contribution in [2.24, 2.45) is 11.7 Å². The van der Waals surface area contributed by atoms with E-state index in [0.29, 0.717) is 12.8 Å². The van der Waals surface area contributed by atoms with Gasteiger partial charge in [-0.25, -0.2) is 0 Å². The summed E-state index contributed by atoms with van der Waals surface area (Å²) in [5.41, 5.74) is 5.65. The summed E-state index contributed by atoms with van der Waals surface area (Å²) >= 11 is 0. The Balaban J connectivity index is 2.72. The van der Waals surface area contributed by atoms with Crippen LogP contribution in [0.25, 0.3) is 0 Å². The minimum atomic E-state index is -4.37. The lowest BCUT2D eigenvalue weighted by molar-refractivity contribution is -0.166. The Hall–Kier alpha value is -0.780. The molecule has 2 atom stereocenters. The van der Waals surface area contributed by atoms with E-state index in [9.17, 15) is 18.0 Å². The number of hydrogen-bond donors (Lipinski definition) is 1. The molecule has 0 spiro atoms. The first-order valence-electron chi connectivity index (χ1n) is 6.39. The fourth-order valence-corrected chi connectivity index (χ4v) is 2.10. The first kappa shape index (κ1) is 15.3. The number of halogens is 3. The lowest BCUT2D eigenvalue weighted by Crippen LogP contribution is -2.51. The summed E-state index contributed by atoms with van der Waals surface area (Å²) in [6.45, 7) is 2.34. The largest absolute Gasteiger partial charge is 0.406 e. The number of rotatable bonds is 6. The Kier molecular flexibility index (Phi) is 5.01. The smallest absolute Gasteiger partial charge is 0.329 e. The normalized spacial score (nSPS) is 19.4. The van der Waals surface area contributed by atoms with Gasteiger partial charge >= 0.3 is 6.18 Å². The van der Waals surface area contributed by atoms with E-state index in [1.165, 1.54) is 0 Å². The lowest BCUT2D eigenvalue weighted by atomic mass is 10.1. The predicted molar refractivity (Wildman–Crippen MR) is 62.8 cm³/mol. The third kappa shape index (κ3) is 4.48. The second kappa shape index (κ2) is 5.91. The minimum absolute atomic E-state index is 0.199. The molecule has 1 unspecified atom stereocenters. The maximum atomic E-state index is 12.5. The van der Waals surface area contributed by atoms with Crippen LogP contribution in [0.2, 0.25) is 0 Å². The van der Waals surface area contributed by atoms with Crippen molar-refractivity contribution in [1.82, 2.24) is 4.90 Å². The van der Waals surface area contributed by atoms with E-state index in [2.05, 4.69) is 0 Å². The van der Waals surface area contributed by atoms with E-state index in [-0.39, 0.29) is 12.0 Å². The zero-order chi connectivity index (χ0) is 13.9. The molecular weight excluding hydrogens is 245 g/mol. The molecule has 0 aliphatic heterocycles. The first-order valence-corrected chi connectivity index (χ1v) is 6.39. The van der Waals surface area contributed by atoms with E-state index in [1.807, 2.05) is 6.92 Å². The van der Waals surface area contributed by atoms with E-state index in [1.54, 1.807) is 6.92 Å². The maximum absolute atomic E-state index is 12.5. The first-order chi connectivity index (χ1) is 8.26. The van der Waals surface area contributed by atoms with E-state index >= 15 is 0 Å². The Labute approximate surface area is 106 Å². The van der Waals surface area contributed by atoms with Gasteiger partial charge < -0.3 is 10.6 Å². The number of hydrogen-bond acceptors (Lipinski definition) is 2. The van der Waals surface area contributed by atoms with Crippen LogP contribution in [0.1, 0.15) is 39.5 Å². The number of nitrogens with zero attached hydrogens (tertiary/aromatic N) is 1. The van der Waals surface area contributed by atoms with Crippen molar-refractivity contribution < 1.29 is 18.0 Å². The van der Waals surface area contributed by atoms with Crippen molar-refractivity contribution in [3.05, 3.63) is 0 Å². The van der Waals surface area contributed by atoms with Gasteiger partial charge in [0.05, 0.1) is 6.04 Å². The third-order valence-corrected chi connectivity index (χ3v) is 3.35. The van der Waals surface area contributed by atoms with Gasteiger partial charge in [-0.3, -0.25) is 4.79 Å². The molecule has 1 aliphatic rings. The van der Waals surface area contributed by atoms with Crippen molar-refractivity contribution in [2.75, 3.05) is 6.54 Å². The van der Waals surface area contributed by atoms with Crippen LogP contribution in [0.3, 0.4) is 0 Å². The average Bonchev–Trinajstić information content (AvgIpc) is 3.06. The third-order valence-electron chi connectivity index (χ3n) is 3.35. The Bertz CT molecular complexity index is 290. The lowest BCUT2D eigenvalue weighted by Gasteiger charge is -2.32. The van der Waals surface area contributed by atoms with Crippen molar-refractivity contribution in [3.63, 3.8) is 0 Å². The highest BCUT2D eigenvalue weighted by molar-refractivity contribution is 5.82. The fraction of sp³-hybridized carbons (Fsp3) is 0.917. The Morgan fingerprint density at radius 1 is 1.44 bits per heavy atom. The van der Waals surface area contributed by atoms with Crippen molar-refractivity contribution in [3.8, 4) is 0 Å². The highest BCUT2D eigenvalue weighted by Crippen LogP contribution is 2.36. The Morgan fingerprint density at radius 2 is 2.00 bits per heavy atom. The molecule has 1 fully saturated rings. The van der Waals surface area contributed by atoms with Crippen LogP contribution in [0.5, 0.6) is 0 Å². The van der Waals surface area contributed by atoms with E-state index < -0.39 is 24.7 Å². The zero-order valence-electron chi connectivity index (χ0n) is 10.8. The van der Waals surface area contributed by atoms with E-state index in [0.717, 1.165) is 17.7 Å². The van der Waals surface area contributed by atoms with Crippen LogP contribution in [-0.2, 0) is 4.79 Å². The molecule has 1 aliphatic carbocycles. The molecule has 1 rings (SSSR count). The zero-order valence-corrected chi connectivity index (χ0v) is 10.8. The van der Waals surface area contributed by atoms with Crippen molar-refractivity contribution in [2.45, 2.75) is 57.8 Å². The molecule has 0 aromatic heterocycles. The number of carbonyl (C=O) groups excluding carboxylic acids is 1. The molecule has 0 radical (unpaired) electrons. The molecule has 0 saturated heterocycles. The second-order valence-electron chi connectivity index (χ2n) is 5.05. The average molecular weight is 266 g/mol. The number of nitrogens with two attached hydrogens (primary N) is 1. The Morgan fingerprint density at radius 3 is 2.39 bits per heavy atom. The topological polar surface area (TPSA) is 46.3 Å². The van der Waals surface area contributed by atoms with Gasteiger partial charge in [0, 0.05) is 6.04 Å². The van der Waals surface area contributed by atoms with Crippen LogP contribution < -0.4 is 5.73 Å². The monoisotopic (exact) mass is 266 g/mol. The molecule has 0 aromatic carbocycles.